The molecule has 92 valence electrons. The summed E-state index contributed by atoms with van der Waals surface area (Å²) in [5.74, 6) is 1.55. The number of pyridine rings is 1. The van der Waals surface area contributed by atoms with Crippen molar-refractivity contribution in [3.63, 3.8) is 0 Å². The van der Waals surface area contributed by atoms with Crippen LogP contribution in [0.15, 0.2) is 30.3 Å². The second-order valence-electron chi connectivity index (χ2n) is 5.11. The van der Waals surface area contributed by atoms with E-state index in [1.165, 1.54) is 12.8 Å². The lowest BCUT2D eigenvalue weighted by molar-refractivity contribution is 0.260. The van der Waals surface area contributed by atoms with E-state index in [0.29, 0.717) is 18.6 Å². The molecule has 1 saturated carbocycles. The fourth-order valence-electron chi connectivity index (χ4n) is 2.22. The van der Waals surface area contributed by atoms with Crippen molar-refractivity contribution < 1.29 is 9.47 Å². The summed E-state index contributed by atoms with van der Waals surface area (Å²) < 4.78 is 11.1. The summed E-state index contributed by atoms with van der Waals surface area (Å²) in [5.41, 5.74) is 2.20. The number of fused-ring (bicyclic) bond motifs is 1. The highest BCUT2D eigenvalue weighted by atomic mass is 16.6. The van der Waals surface area contributed by atoms with Crippen LogP contribution in [0.3, 0.4) is 0 Å². The van der Waals surface area contributed by atoms with E-state index in [4.69, 9.17) is 14.5 Å². The van der Waals surface area contributed by atoms with Crippen molar-refractivity contribution in [3.05, 3.63) is 36.0 Å². The van der Waals surface area contributed by atoms with Gasteiger partial charge in [-0.3, -0.25) is 0 Å². The van der Waals surface area contributed by atoms with Gasteiger partial charge in [-0.05, 0) is 25.0 Å². The summed E-state index contributed by atoms with van der Waals surface area (Å²) in [4.78, 5) is 4.77. The minimum Gasteiger partial charge on any atom is -0.489 e. The highest BCUT2D eigenvalue weighted by Gasteiger charge is 2.30. The molecule has 0 amide bonds. The normalized spacial score (nSPS) is 22.1. The van der Waals surface area contributed by atoms with Crippen LogP contribution >= 0.6 is 0 Å². The lowest BCUT2D eigenvalue weighted by atomic mass is 10.1. The van der Waals surface area contributed by atoms with Crippen molar-refractivity contribution in [2.24, 2.45) is 0 Å². The van der Waals surface area contributed by atoms with Crippen LogP contribution in [0.5, 0.6) is 5.75 Å². The molecule has 2 aromatic rings. The molecule has 0 N–H and O–H groups in total. The number of benzene rings is 1. The maximum Gasteiger partial charge on any atom is 0.141 e. The molecule has 1 aliphatic heterocycles. The first kappa shape index (κ1) is 10.3. The van der Waals surface area contributed by atoms with Gasteiger partial charge in [-0.1, -0.05) is 18.2 Å². The van der Waals surface area contributed by atoms with E-state index in [9.17, 15) is 0 Å². The van der Waals surface area contributed by atoms with Crippen molar-refractivity contribution in [1.82, 2.24) is 4.98 Å². The molecule has 1 unspecified atom stereocenters. The topological polar surface area (TPSA) is 34.6 Å². The molecular weight excluding hydrogens is 226 g/mol. The molecule has 0 spiro atoms. The number of nitrogens with zero attached hydrogens (tertiary/aromatic N) is 1. The summed E-state index contributed by atoms with van der Waals surface area (Å²) in [6, 6.07) is 10.3. The number of rotatable bonds is 4. The lowest BCUT2D eigenvalue weighted by Crippen LogP contribution is -2.06. The van der Waals surface area contributed by atoms with Crippen LogP contribution in [0.1, 0.15) is 24.5 Å². The van der Waals surface area contributed by atoms with E-state index in [1.807, 2.05) is 12.1 Å². The average Bonchev–Trinajstić information content (AvgIpc) is 3.29. The molecule has 1 aliphatic carbocycles. The van der Waals surface area contributed by atoms with E-state index >= 15 is 0 Å². The molecule has 3 heteroatoms. The van der Waals surface area contributed by atoms with Crippen LogP contribution in [-0.4, -0.2) is 24.3 Å². The van der Waals surface area contributed by atoms with Crippen LogP contribution in [0.2, 0.25) is 0 Å². The third-order valence-corrected chi connectivity index (χ3v) is 3.51. The molecule has 4 rings (SSSR count). The molecular formula is C15H15NO2. The van der Waals surface area contributed by atoms with Gasteiger partial charge >= 0.3 is 0 Å². The fourth-order valence-corrected chi connectivity index (χ4v) is 2.22. The third kappa shape index (κ3) is 1.95. The third-order valence-electron chi connectivity index (χ3n) is 3.51. The predicted octanol–water partition coefficient (Wildman–Crippen LogP) is 2.89. The van der Waals surface area contributed by atoms with Gasteiger partial charge in [-0.25, -0.2) is 4.98 Å². The van der Waals surface area contributed by atoms with Crippen LogP contribution < -0.4 is 4.74 Å². The van der Waals surface area contributed by atoms with Gasteiger partial charge in [0.2, 0.25) is 0 Å². The Morgan fingerprint density at radius 3 is 2.89 bits per heavy atom. The van der Waals surface area contributed by atoms with Gasteiger partial charge in [-0.2, -0.15) is 0 Å². The van der Waals surface area contributed by atoms with Crippen LogP contribution in [0, 0.1) is 0 Å². The second kappa shape index (κ2) is 3.95. The number of para-hydroxylation sites is 1. The zero-order chi connectivity index (χ0) is 11.9. The van der Waals surface area contributed by atoms with Crippen molar-refractivity contribution in [2.75, 3.05) is 13.2 Å². The Hall–Kier alpha value is -1.61. The van der Waals surface area contributed by atoms with E-state index in [2.05, 4.69) is 18.2 Å². The molecule has 2 heterocycles. The Balaban J connectivity index is 1.73. The van der Waals surface area contributed by atoms with Crippen molar-refractivity contribution in [2.45, 2.75) is 24.9 Å². The Labute approximate surface area is 106 Å². The maximum absolute atomic E-state index is 5.88. The lowest BCUT2D eigenvalue weighted by Gasteiger charge is -2.11. The molecule has 2 aliphatic rings. The first-order chi connectivity index (χ1) is 8.90. The van der Waals surface area contributed by atoms with Crippen molar-refractivity contribution >= 4 is 10.9 Å². The van der Waals surface area contributed by atoms with Crippen molar-refractivity contribution in [3.8, 4) is 5.75 Å². The largest absolute Gasteiger partial charge is 0.489 e. The number of hydrogen-bond acceptors (Lipinski definition) is 3. The summed E-state index contributed by atoms with van der Waals surface area (Å²) >= 11 is 0. The van der Waals surface area contributed by atoms with E-state index in [0.717, 1.165) is 29.0 Å². The standard InChI is InChI=1S/C15H15NO2/c1-2-4-13-11(3-1)7-14(18-9-12-8-17-12)15(16-13)10-5-6-10/h1-4,7,10,12H,5-6,8-9H2. The molecule has 1 aromatic heterocycles. The predicted molar refractivity (Wildman–Crippen MR) is 69.0 cm³/mol. The van der Waals surface area contributed by atoms with Gasteiger partial charge in [0.15, 0.2) is 0 Å². The van der Waals surface area contributed by atoms with Crippen LogP contribution in [-0.2, 0) is 4.74 Å². The average molecular weight is 241 g/mol. The molecule has 1 aromatic carbocycles. The number of hydrogen-bond donors (Lipinski definition) is 0. The Kier molecular flexibility index (Phi) is 2.27. The number of ether oxygens (including phenoxy) is 2. The Morgan fingerprint density at radius 1 is 1.28 bits per heavy atom. The second-order valence-corrected chi connectivity index (χ2v) is 5.11. The quantitative estimate of drug-likeness (QED) is 0.772. The van der Waals surface area contributed by atoms with Crippen molar-refractivity contribution in [1.29, 1.82) is 0 Å². The smallest absolute Gasteiger partial charge is 0.141 e. The molecule has 1 atom stereocenters. The van der Waals surface area contributed by atoms with Crippen LogP contribution in [0.25, 0.3) is 10.9 Å². The summed E-state index contributed by atoms with van der Waals surface area (Å²) in [6.45, 7) is 1.49. The Morgan fingerprint density at radius 2 is 2.11 bits per heavy atom. The first-order valence-electron chi connectivity index (χ1n) is 6.54. The van der Waals surface area contributed by atoms with Gasteiger partial charge in [0.1, 0.15) is 18.5 Å². The molecule has 0 bridgehead atoms. The molecule has 18 heavy (non-hydrogen) atoms. The van der Waals surface area contributed by atoms with Gasteiger partial charge in [0.05, 0.1) is 17.8 Å². The van der Waals surface area contributed by atoms with Crippen LogP contribution in [0.4, 0.5) is 0 Å². The summed E-state index contributed by atoms with van der Waals surface area (Å²) in [5, 5.41) is 1.15. The molecule has 1 saturated heterocycles. The summed E-state index contributed by atoms with van der Waals surface area (Å²) in [6.07, 6.45) is 2.77. The molecule has 2 fully saturated rings. The molecule has 3 nitrogen and oxygen atoms in total. The minimum absolute atomic E-state index is 0.295. The minimum atomic E-state index is 0.295. The number of epoxide rings is 1. The fraction of sp³-hybridized carbons (Fsp3) is 0.400. The zero-order valence-corrected chi connectivity index (χ0v) is 10.1. The van der Waals surface area contributed by atoms with Gasteiger partial charge in [0, 0.05) is 11.3 Å². The van der Waals surface area contributed by atoms with Gasteiger partial charge < -0.3 is 9.47 Å². The van der Waals surface area contributed by atoms with Gasteiger partial charge in [-0.15, -0.1) is 0 Å². The Bertz CT molecular complexity index is 588. The highest BCUT2D eigenvalue weighted by Crippen LogP contribution is 2.44. The van der Waals surface area contributed by atoms with E-state index < -0.39 is 0 Å². The monoisotopic (exact) mass is 241 g/mol. The zero-order valence-electron chi connectivity index (χ0n) is 10.1. The van der Waals surface area contributed by atoms with Gasteiger partial charge in [0.25, 0.3) is 0 Å². The number of aromatic nitrogens is 1. The highest BCUT2D eigenvalue weighted by molar-refractivity contribution is 5.80. The summed E-state index contributed by atoms with van der Waals surface area (Å²) in [7, 11) is 0. The molecule has 0 radical (unpaired) electrons. The SMILES string of the molecule is c1ccc2nc(C3CC3)c(OCC3CO3)cc2c1. The maximum atomic E-state index is 5.88. The van der Waals surface area contributed by atoms with E-state index in [-0.39, 0.29) is 0 Å². The first-order valence-corrected chi connectivity index (χ1v) is 6.54. The van der Waals surface area contributed by atoms with E-state index in [1.54, 1.807) is 0 Å².